The molecule has 0 N–H and O–H groups in total. The van der Waals surface area contributed by atoms with Crippen molar-refractivity contribution in [2.45, 2.75) is 48.6 Å². The second kappa shape index (κ2) is 14.1. The number of hydrogen-bond donors (Lipinski definition) is 0. The number of morpholine rings is 2. The van der Waals surface area contributed by atoms with Crippen molar-refractivity contribution in [1.82, 2.24) is 9.80 Å². The molecule has 2 heterocycles. The van der Waals surface area contributed by atoms with Crippen LogP contribution in [0.3, 0.4) is 0 Å². The maximum atomic E-state index is 12.7. The van der Waals surface area contributed by atoms with Crippen molar-refractivity contribution in [3.63, 3.8) is 0 Å². The van der Waals surface area contributed by atoms with Gasteiger partial charge in [-0.3, -0.25) is 19.4 Å². The average molecular weight is 559 g/mol. The Morgan fingerprint density at radius 3 is 1.16 bits per heavy atom. The molecule has 2 aromatic rings. The lowest BCUT2D eigenvalue weighted by Crippen LogP contribution is -2.54. The van der Waals surface area contributed by atoms with E-state index in [9.17, 15) is 9.59 Å². The highest BCUT2D eigenvalue weighted by atomic mass is 32.2. The van der Waals surface area contributed by atoms with Crippen LogP contribution >= 0.6 is 23.5 Å². The van der Waals surface area contributed by atoms with Gasteiger partial charge >= 0.3 is 0 Å². The summed E-state index contributed by atoms with van der Waals surface area (Å²) in [5.74, 6) is 0.365. The molecule has 2 fully saturated rings. The minimum Gasteiger partial charge on any atom is -0.379 e. The van der Waals surface area contributed by atoms with Gasteiger partial charge in [0.2, 0.25) is 0 Å². The molecule has 0 aromatic heterocycles. The third-order valence-corrected chi connectivity index (χ3v) is 8.91. The van der Waals surface area contributed by atoms with E-state index in [4.69, 9.17) is 9.47 Å². The van der Waals surface area contributed by atoms with Crippen molar-refractivity contribution in [2.24, 2.45) is 0 Å². The van der Waals surface area contributed by atoms with Crippen molar-refractivity contribution >= 4 is 35.1 Å². The molecular formula is C30H42N2O4S2. The van der Waals surface area contributed by atoms with Gasteiger partial charge in [-0.1, -0.05) is 24.3 Å². The number of nitrogens with zero attached hydrogens (tertiary/aromatic N) is 2. The summed E-state index contributed by atoms with van der Waals surface area (Å²) in [6.45, 7) is 14.1. The van der Waals surface area contributed by atoms with Crippen LogP contribution in [-0.2, 0) is 9.47 Å². The molecular weight excluding hydrogens is 516 g/mol. The summed E-state index contributed by atoms with van der Waals surface area (Å²) in [5.41, 5.74) is 0.638. The van der Waals surface area contributed by atoms with Gasteiger partial charge in [-0.15, -0.1) is 23.5 Å². The van der Waals surface area contributed by atoms with Crippen LogP contribution in [0.25, 0.3) is 0 Å². The van der Waals surface area contributed by atoms with Crippen molar-refractivity contribution in [3.8, 4) is 0 Å². The lowest BCUT2D eigenvalue weighted by Gasteiger charge is -2.39. The Morgan fingerprint density at radius 2 is 0.895 bits per heavy atom. The number of rotatable bonds is 8. The molecule has 8 heteroatoms. The standard InChI is InChI=1S/2C15H21NO2S/c2*1-15(2,16-8-10-18-11-9-16)14(17)12-4-6-13(19-3)7-5-12/h2*4-7H,8-11H2,1-3H3. The molecule has 0 unspecified atom stereocenters. The van der Waals surface area contributed by atoms with E-state index < -0.39 is 11.1 Å². The monoisotopic (exact) mass is 558 g/mol. The van der Waals surface area contributed by atoms with Gasteiger partial charge in [-0.2, -0.15) is 0 Å². The van der Waals surface area contributed by atoms with Crippen LogP contribution in [0.15, 0.2) is 58.3 Å². The molecule has 6 nitrogen and oxygen atoms in total. The van der Waals surface area contributed by atoms with E-state index in [0.29, 0.717) is 26.4 Å². The number of Topliss-reactive ketones (excluding diaryl/α,β-unsaturated/α-hetero) is 2. The Morgan fingerprint density at radius 1 is 0.605 bits per heavy atom. The lowest BCUT2D eigenvalue weighted by molar-refractivity contribution is -0.00443. The molecule has 2 aromatic carbocycles. The van der Waals surface area contributed by atoms with Gasteiger partial charge in [0.25, 0.3) is 0 Å². The van der Waals surface area contributed by atoms with E-state index in [1.165, 1.54) is 9.79 Å². The summed E-state index contributed by atoms with van der Waals surface area (Å²) >= 11 is 3.37. The van der Waals surface area contributed by atoms with Gasteiger partial charge < -0.3 is 9.47 Å². The van der Waals surface area contributed by atoms with E-state index in [1.807, 2.05) is 88.7 Å². The van der Waals surface area contributed by atoms with Crippen molar-refractivity contribution in [3.05, 3.63) is 59.7 Å². The molecule has 4 rings (SSSR count). The first-order chi connectivity index (χ1) is 18.1. The van der Waals surface area contributed by atoms with Crippen LogP contribution in [0.5, 0.6) is 0 Å². The molecule has 0 radical (unpaired) electrons. The first-order valence-electron chi connectivity index (χ1n) is 13.1. The summed E-state index contributed by atoms with van der Waals surface area (Å²) in [5, 5.41) is 0. The van der Waals surface area contributed by atoms with Gasteiger partial charge in [0, 0.05) is 47.1 Å². The van der Waals surface area contributed by atoms with Crippen LogP contribution < -0.4 is 0 Å². The first-order valence-corrected chi connectivity index (χ1v) is 15.6. The molecule has 208 valence electrons. The Hall–Kier alpha value is -1.68. The Bertz CT molecular complexity index is 957. The van der Waals surface area contributed by atoms with Gasteiger partial charge in [-0.25, -0.2) is 0 Å². The molecule has 0 amide bonds. The fourth-order valence-electron chi connectivity index (χ4n) is 4.72. The summed E-state index contributed by atoms with van der Waals surface area (Å²) in [4.78, 5) is 32.1. The predicted molar refractivity (Wildman–Crippen MR) is 158 cm³/mol. The number of benzene rings is 2. The smallest absolute Gasteiger partial charge is 0.182 e. The molecule has 2 aliphatic heterocycles. The van der Waals surface area contributed by atoms with Crippen LogP contribution in [-0.4, -0.2) is 97.6 Å². The normalized spacial score (nSPS) is 17.4. The summed E-state index contributed by atoms with van der Waals surface area (Å²) in [7, 11) is 0. The van der Waals surface area contributed by atoms with Gasteiger partial charge in [0.15, 0.2) is 11.6 Å². The van der Waals surface area contributed by atoms with E-state index in [0.717, 1.165) is 37.3 Å². The summed E-state index contributed by atoms with van der Waals surface area (Å²) < 4.78 is 10.7. The molecule has 0 bridgehead atoms. The van der Waals surface area contributed by atoms with Crippen LogP contribution in [0.1, 0.15) is 48.4 Å². The summed E-state index contributed by atoms with van der Waals surface area (Å²) in [6, 6.07) is 15.7. The van der Waals surface area contributed by atoms with Gasteiger partial charge in [-0.05, 0) is 64.5 Å². The molecule has 0 saturated carbocycles. The zero-order valence-corrected chi connectivity index (χ0v) is 25.3. The number of hydrogen-bond acceptors (Lipinski definition) is 8. The fraction of sp³-hybridized carbons (Fsp3) is 0.533. The van der Waals surface area contributed by atoms with Crippen molar-refractivity contribution in [2.75, 3.05) is 65.1 Å². The maximum Gasteiger partial charge on any atom is 0.182 e. The zero-order valence-electron chi connectivity index (χ0n) is 23.6. The molecule has 0 spiro atoms. The minimum atomic E-state index is -0.468. The topological polar surface area (TPSA) is 59.1 Å². The van der Waals surface area contributed by atoms with E-state index in [1.54, 1.807) is 23.5 Å². The van der Waals surface area contributed by atoms with Crippen LogP contribution in [0.4, 0.5) is 0 Å². The number of ketones is 2. The summed E-state index contributed by atoms with van der Waals surface area (Å²) in [6.07, 6.45) is 4.07. The average Bonchev–Trinajstić information content (AvgIpc) is 2.97. The molecule has 2 saturated heterocycles. The first kappa shape index (κ1) is 30.9. The van der Waals surface area contributed by atoms with E-state index in [-0.39, 0.29) is 11.6 Å². The minimum absolute atomic E-state index is 0.182. The van der Waals surface area contributed by atoms with Crippen molar-refractivity contribution < 1.29 is 19.1 Å². The molecule has 2 aliphatic rings. The highest BCUT2D eigenvalue weighted by molar-refractivity contribution is 7.98. The highest BCUT2D eigenvalue weighted by Crippen LogP contribution is 2.25. The molecule has 0 atom stereocenters. The highest BCUT2D eigenvalue weighted by Gasteiger charge is 2.36. The number of thioether (sulfide) groups is 2. The predicted octanol–water partition coefficient (Wildman–Crippen LogP) is 5.40. The largest absolute Gasteiger partial charge is 0.379 e. The van der Waals surface area contributed by atoms with Gasteiger partial charge in [0.1, 0.15) is 0 Å². The number of carbonyl (C=O) groups excluding carboxylic acids is 2. The third kappa shape index (κ3) is 7.71. The van der Waals surface area contributed by atoms with E-state index >= 15 is 0 Å². The Labute approximate surface area is 236 Å². The second-order valence-corrected chi connectivity index (χ2v) is 12.2. The lowest BCUT2D eigenvalue weighted by atomic mass is 9.91. The molecule has 38 heavy (non-hydrogen) atoms. The van der Waals surface area contributed by atoms with Crippen LogP contribution in [0, 0.1) is 0 Å². The van der Waals surface area contributed by atoms with Gasteiger partial charge in [0.05, 0.1) is 37.5 Å². The number of ether oxygens (including phenoxy) is 2. The quantitative estimate of drug-likeness (QED) is 0.315. The van der Waals surface area contributed by atoms with Crippen LogP contribution in [0.2, 0.25) is 0 Å². The van der Waals surface area contributed by atoms with E-state index in [2.05, 4.69) is 9.80 Å². The number of carbonyl (C=O) groups is 2. The Kier molecular flexibility index (Phi) is 11.4. The van der Waals surface area contributed by atoms with Crippen molar-refractivity contribution in [1.29, 1.82) is 0 Å². The SMILES string of the molecule is CSc1ccc(C(=O)C(C)(C)N2CCOCC2)cc1.CSc1ccc(C(=O)C(C)(C)N2CCOCC2)cc1. The zero-order chi connectivity index (χ0) is 27.8. The third-order valence-electron chi connectivity index (χ3n) is 7.42. The fourth-order valence-corrected chi connectivity index (χ4v) is 5.54. The second-order valence-electron chi connectivity index (χ2n) is 10.4. The Balaban J connectivity index is 0.000000211. The molecule has 0 aliphatic carbocycles. The maximum absolute atomic E-state index is 12.7.